The van der Waals surface area contributed by atoms with Crippen molar-refractivity contribution in [1.82, 2.24) is 14.9 Å². The molecule has 0 spiro atoms. The Morgan fingerprint density at radius 3 is 2.92 bits per heavy atom. The van der Waals surface area contributed by atoms with Crippen LogP contribution >= 0.6 is 23.7 Å². The number of rotatable bonds is 7. The molecule has 2 heterocycles. The van der Waals surface area contributed by atoms with Gasteiger partial charge in [-0.15, -0.1) is 23.7 Å². The highest BCUT2D eigenvalue weighted by Gasteiger charge is 2.20. The molecule has 1 aliphatic rings. The molecule has 0 saturated heterocycles. The van der Waals surface area contributed by atoms with Crippen LogP contribution in [0.25, 0.3) is 10.2 Å². The van der Waals surface area contributed by atoms with Crippen molar-refractivity contribution in [3.63, 3.8) is 0 Å². The maximum atomic E-state index is 12.8. The van der Waals surface area contributed by atoms with Crippen LogP contribution in [0.2, 0.25) is 0 Å². The van der Waals surface area contributed by atoms with E-state index in [2.05, 4.69) is 10.3 Å². The van der Waals surface area contributed by atoms with Crippen LogP contribution in [0, 0.1) is 0 Å². The molecule has 0 bridgehead atoms. The summed E-state index contributed by atoms with van der Waals surface area (Å²) in [6.07, 6.45) is 8.02. The lowest BCUT2D eigenvalue weighted by atomic mass is 9.97. The zero-order chi connectivity index (χ0) is 16.9. The molecular weight excluding hydrogens is 360 g/mol. The van der Waals surface area contributed by atoms with Gasteiger partial charge < -0.3 is 11.1 Å². The summed E-state index contributed by atoms with van der Waals surface area (Å²) in [6, 6.07) is 0. The summed E-state index contributed by atoms with van der Waals surface area (Å²) in [4.78, 5) is 31.2. The number of hydrogen-bond donors (Lipinski definition) is 2. The first-order valence-electron chi connectivity index (χ1n) is 8.67. The van der Waals surface area contributed by atoms with E-state index in [4.69, 9.17) is 5.73 Å². The molecular formula is C17H25ClN4O2S. The van der Waals surface area contributed by atoms with E-state index in [-0.39, 0.29) is 23.9 Å². The number of aryl methyl sites for hydroxylation is 3. The topological polar surface area (TPSA) is 90.0 Å². The molecule has 3 rings (SSSR count). The minimum atomic E-state index is -0.0358. The standard InChI is InChI=1S/C17H24N4O2S.ClH/c18-8-3-4-9-19-14(22)7-10-21-11-20-16-15(17(21)23)12-5-1-2-6-13(12)24-16;/h11H,1-10,18H2,(H,19,22);1H. The Balaban J connectivity index is 0.00000225. The number of halogens is 1. The van der Waals surface area contributed by atoms with E-state index in [9.17, 15) is 9.59 Å². The van der Waals surface area contributed by atoms with Crippen molar-refractivity contribution in [2.24, 2.45) is 5.73 Å². The molecule has 1 aliphatic carbocycles. The van der Waals surface area contributed by atoms with E-state index in [1.54, 1.807) is 22.2 Å². The van der Waals surface area contributed by atoms with Crippen LogP contribution in [0.1, 0.15) is 42.5 Å². The van der Waals surface area contributed by atoms with Crippen LogP contribution < -0.4 is 16.6 Å². The first kappa shape index (κ1) is 19.9. The van der Waals surface area contributed by atoms with Gasteiger partial charge >= 0.3 is 0 Å². The molecule has 0 radical (unpaired) electrons. The second kappa shape index (κ2) is 9.31. The average molecular weight is 385 g/mol. The summed E-state index contributed by atoms with van der Waals surface area (Å²) in [5.41, 5.74) is 6.61. The molecule has 1 amide bonds. The van der Waals surface area contributed by atoms with Crippen molar-refractivity contribution in [2.45, 2.75) is 51.5 Å². The minimum Gasteiger partial charge on any atom is -0.356 e. The van der Waals surface area contributed by atoms with E-state index in [1.165, 1.54) is 16.9 Å². The number of nitrogens with zero attached hydrogens (tertiary/aromatic N) is 2. The van der Waals surface area contributed by atoms with Crippen LogP contribution in [0.3, 0.4) is 0 Å². The minimum absolute atomic E-state index is 0. The second-order valence-electron chi connectivity index (χ2n) is 6.23. The SMILES string of the molecule is Cl.NCCCCNC(=O)CCn1cnc2sc3c(c2c1=O)CCCC3. The molecule has 0 atom stereocenters. The van der Waals surface area contributed by atoms with Crippen LogP contribution in [-0.4, -0.2) is 28.5 Å². The van der Waals surface area contributed by atoms with Crippen LogP contribution in [0.4, 0.5) is 0 Å². The molecule has 0 aromatic carbocycles. The highest BCUT2D eigenvalue weighted by molar-refractivity contribution is 7.18. The first-order chi connectivity index (χ1) is 11.7. The number of nitrogens with one attached hydrogen (secondary N) is 1. The number of carbonyl (C=O) groups is 1. The Kier molecular flexibility index (Phi) is 7.40. The van der Waals surface area contributed by atoms with Gasteiger partial charge in [0.05, 0.1) is 11.7 Å². The van der Waals surface area contributed by atoms with Gasteiger partial charge in [0.25, 0.3) is 5.56 Å². The van der Waals surface area contributed by atoms with Gasteiger partial charge in [-0.3, -0.25) is 14.2 Å². The molecule has 25 heavy (non-hydrogen) atoms. The maximum absolute atomic E-state index is 12.8. The molecule has 0 saturated carbocycles. The van der Waals surface area contributed by atoms with E-state index in [0.29, 0.717) is 26.1 Å². The number of thiophene rings is 1. The zero-order valence-electron chi connectivity index (χ0n) is 14.3. The van der Waals surface area contributed by atoms with E-state index < -0.39 is 0 Å². The molecule has 3 N–H and O–H groups in total. The van der Waals surface area contributed by atoms with Gasteiger partial charge in [0.1, 0.15) is 4.83 Å². The van der Waals surface area contributed by atoms with Crippen molar-refractivity contribution >= 4 is 39.9 Å². The molecule has 6 nitrogen and oxygen atoms in total. The molecule has 0 fully saturated rings. The third-order valence-corrected chi connectivity index (χ3v) is 5.67. The van der Waals surface area contributed by atoms with E-state index in [0.717, 1.165) is 42.3 Å². The van der Waals surface area contributed by atoms with Crippen molar-refractivity contribution in [3.8, 4) is 0 Å². The molecule has 2 aromatic rings. The summed E-state index contributed by atoms with van der Waals surface area (Å²) in [7, 11) is 0. The molecule has 8 heteroatoms. The summed E-state index contributed by atoms with van der Waals surface area (Å²) in [6.45, 7) is 1.65. The second-order valence-corrected chi connectivity index (χ2v) is 7.31. The number of fused-ring (bicyclic) bond motifs is 3. The molecule has 0 unspecified atom stereocenters. The molecule has 138 valence electrons. The Morgan fingerprint density at radius 2 is 2.12 bits per heavy atom. The number of unbranched alkanes of at least 4 members (excludes halogenated alkanes) is 1. The largest absolute Gasteiger partial charge is 0.356 e. The Labute approximate surface area is 157 Å². The van der Waals surface area contributed by atoms with Gasteiger partial charge in [0, 0.05) is 24.4 Å². The maximum Gasteiger partial charge on any atom is 0.262 e. The lowest BCUT2D eigenvalue weighted by Gasteiger charge is -2.10. The highest BCUT2D eigenvalue weighted by atomic mass is 35.5. The number of amides is 1. The fourth-order valence-electron chi connectivity index (χ4n) is 3.15. The normalized spacial score (nSPS) is 13.3. The third kappa shape index (κ3) is 4.59. The Bertz CT molecular complexity index is 787. The summed E-state index contributed by atoms with van der Waals surface area (Å²) >= 11 is 1.65. The monoisotopic (exact) mass is 384 g/mol. The van der Waals surface area contributed by atoms with E-state index in [1.807, 2.05) is 0 Å². The lowest BCUT2D eigenvalue weighted by molar-refractivity contribution is -0.121. The van der Waals surface area contributed by atoms with Crippen molar-refractivity contribution < 1.29 is 4.79 Å². The number of carbonyl (C=O) groups excluding carboxylic acids is 1. The predicted octanol–water partition coefficient (Wildman–Crippen LogP) is 2.00. The van der Waals surface area contributed by atoms with Gasteiger partial charge in [-0.1, -0.05) is 0 Å². The summed E-state index contributed by atoms with van der Waals surface area (Å²) < 4.78 is 1.57. The van der Waals surface area contributed by atoms with Gasteiger partial charge in [-0.05, 0) is 50.6 Å². The number of hydrogen-bond acceptors (Lipinski definition) is 5. The fourth-order valence-corrected chi connectivity index (χ4v) is 4.37. The zero-order valence-corrected chi connectivity index (χ0v) is 15.9. The Morgan fingerprint density at radius 1 is 1.32 bits per heavy atom. The predicted molar refractivity (Wildman–Crippen MR) is 104 cm³/mol. The smallest absolute Gasteiger partial charge is 0.262 e. The molecule has 2 aromatic heterocycles. The Hall–Kier alpha value is -1.44. The highest BCUT2D eigenvalue weighted by Crippen LogP contribution is 2.33. The summed E-state index contributed by atoms with van der Waals surface area (Å²) in [5, 5.41) is 3.64. The average Bonchev–Trinajstić information content (AvgIpc) is 2.97. The van der Waals surface area contributed by atoms with Gasteiger partial charge in [-0.2, -0.15) is 0 Å². The fraction of sp³-hybridized carbons (Fsp3) is 0.588. The van der Waals surface area contributed by atoms with Crippen molar-refractivity contribution in [1.29, 1.82) is 0 Å². The van der Waals surface area contributed by atoms with Crippen LogP contribution in [0.15, 0.2) is 11.1 Å². The third-order valence-electron chi connectivity index (χ3n) is 4.47. The van der Waals surface area contributed by atoms with Crippen LogP contribution in [0.5, 0.6) is 0 Å². The number of nitrogens with two attached hydrogens (primary N) is 1. The lowest BCUT2D eigenvalue weighted by Crippen LogP contribution is -2.28. The van der Waals surface area contributed by atoms with Crippen LogP contribution in [-0.2, 0) is 24.2 Å². The van der Waals surface area contributed by atoms with Crippen molar-refractivity contribution in [2.75, 3.05) is 13.1 Å². The van der Waals surface area contributed by atoms with Gasteiger partial charge in [0.15, 0.2) is 0 Å². The van der Waals surface area contributed by atoms with Gasteiger partial charge in [0.2, 0.25) is 5.91 Å². The number of aromatic nitrogens is 2. The molecule has 0 aliphatic heterocycles. The van der Waals surface area contributed by atoms with E-state index >= 15 is 0 Å². The summed E-state index contributed by atoms with van der Waals surface area (Å²) in [5.74, 6) is -0.0358. The first-order valence-corrected chi connectivity index (χ1v) is 9.49. The van der Waals surface area contributed by atoms with Crippen molar-refractivity contribution in [3.05, 3.63) is 27.1 Å². The van der Waals surface area contributed by atoms with Gasteiger partial charge in [-0.25, -0.2) is 4.98 Å². The quantitative estimate of drug-likeness (QED) is 0.714.